The molecule has 0 aliphatic carbocycles. The molecule has 0 fully saturated rings. The third kappa shape index (κ3) is 2.40. The van der Waals surface area contributed by atoms with Crippen LogP contribution in [0.2, 0.25) is 0 Å². The van der Waals surface area contributed by atoms with E-state index in [0.29, 0.717) is 22.0 Å². The lowest BCUT2D eigenvalue weighted by Gasteiger charge is -2.13. The van der Waals surface area contributed by atoms with Gasteiger partial charge in [-0.05, 0) is 18.1 Å². The molecule has 114 valence electrons. The van der Waals surface area contributed by atoms with Crippen LogP contribution in [0.1, 0.15) is 11.1 Å². The highest BCUT2D eigenvalue weighted by Gasteiger charge is 2.23. The number of carboxylic acid groups (broad SMARTS) is 1. The summed E-state index contributed by atoms with van der Waals surface area (Å²) in [5.74, 6) is -1.39. The van der Waals surface area contributed by atoms with Crippen LogP contribution in [0.3, 0.4) is 0 Å². The van der Waals surface area contributed by atoms with Crippen LogP contribution in [-0.4, -0.2) is 36.3 Å². The van der Waals surface area contributed by atoms with Crippen LogP contribution in [0.5, 0.6) is 11.5 Å². The van der Waals surface area contributed by atoms with E-state index in [0.717, 1.165) is 0 Å². The zero-order chi connectivity index (χ0) is 15.7. The van der Waals surface area contributed by atoms with Gasteiger partial charge in [0.15, 0.2) is 17.3 Å². The molecule has 1 heterocycles. The van der Waals surface area contributed by atoms with E-state index in [1.54, 1.807) is 13.1 Å². The van der Waals surface area contributed by atoms with Gasteiger partial charge in [0.2, 0.25) is 0 Å². The smallest absolute Gasteiger partial charge is 0.320 e. The Bertz CT molecular complexity index is 696. The largest absolute Gasteiger partial charge is 0.491 e. The summed E-state index contributed by atoms with van der Waals surface area (Å²) in [6.07, 6.45) is 1.70. The SMILES string of the molecule is COc1c(F)c(C)c2c(CC(N)C(=O)O)c[nH]c2c1OC. The van der Waals surface area contributed by atoms with Crippen LogP contribution in [0.25, 0.3) is 10.9 Å². The summed E-state index contributed by atoms with van der Waals surface area (Å²) in [6.45, 7) is 1.60. The Morgan fingerprint density at radius 1 is 1.43 bits per heavy atom. The highest BCUT2D eigenvalue weighted by molar-refractivity contribution is 5.94. The number of aliphatic carboxylic acids is 1. The Morgan fingerprint density at radius 3 is 2.57 bits per heavy atom. The number of carboxylic acids is 1. The first kappa shape index (κ1) is 15.1. The van der Waals surface area contributed by atoms with Gasteiger partial charge in [0.25, 0.3) is 0 Å². The molecule has 0 spiro atoms. The summed E-state index contributed by atoms with van der Waals surface area (Å²) in [5.41, 5.74) is 7.09. The Morgan fingerprint density at radius 2 is 2.05 bits per heavy atom. The molecule has 1 aromatic carbocycles. The van der Waals surface area contributed by atoms with E-state index >= 15 is 0 Å². The molecule has 2 aromatic rings. The van der Waals surface area contributed by atoms with Gasteiger partial charge in [0, 0.05) is 18.0 Å². The van der Waals surface area contributed by atoms with E-state index < -0.39 is 17.8 Å². The number of hydrogen-bond acceptors (Lipinski definition) is 4. The fourth-order valence-corrected chi connectivity index (χ4v) is 2.43. The van der Waals surface area contributed by atoms with Gasteiger partial charge in [-0.1, -0.05) is 0 Å². The van der Waals surface area contributed by atoms with Crippen LogP contribution in [-0.2, 0) is 11.2 Å². The standard InChI is InChI=1S/C14H17FN2O4/c1-6-9-7(4-8(16)14(18)19)5-17-11(9)13(21-3)12(20-2)10(6)15/h5,8,17H,4,16H2,1-3H3,(H,18,19). The van der Waals surface area contributed by atoms with E-state index in [1.807, 2.05) is 0 Å². The minimum atomic E-state index is -1.11. The Labute approximate surface area is 120 Å². The molecule has 6 nitrogen and oxygen atoms in total. The van der Waals surface area contributed by atoms with E-state index in [2.05, 4.69) is 4.98 Å². The van der Waals surface area contributed by atoms with Crippen molar-refractivity contribution in [1.82, 2.24) is 4.98 Å². The topological polar surface area (TPSA) is 97.6 Å². The van der Waals surface area contributed by atoms with Crippen LogP contribution >= 0.6 is 0 Å². The lowest BCUT2D eigenvalue weighted by Crippen LogP contribution is -2.32. The van der Waals surface area contributed by atoms with Gasteiger partial charge in [0.05, 0.1) is 19.7 Å². The monoisotopic (exact) mass is 296 g/mol. The van der Waals surface area contributed by atoms with Crippen molar-refractivity contribution in [3.05, 3.63) is 23.1 Å². The molecule has 2 rings (SSSR count). The Balaban J connectivity index is 2.67. The van der Waals surface area contributed by atoms with Crippen molar-refractivity contribution in [1.29, 1.82) is 0 Å². The molecule has 0 saturated carbocycles. The molecule has 7 heteroatoms. The number of benzene rings is 1. The second-order valence-electron chi connectivity index (χ2n) is 4.72. The molecule has 0 bridgehead atoms. The Kier molecular flexibility index (Phi) is 4.04. The molecule has 0 amide bonds. The number of methoxy groups -OCH3 is 2. The van der Waals surface area contributed by atoms with Gasteiger partial charge < -0.3 is 25.3 Å². The van der Waals surface area contributed by atoms with Gasteiger partial charge in [-0.15, -0.1) is 0 Å². The van der Waals surface area contributed by atoms with Crippen molar-refractivity contribution in [3.8, 4) is 11.5 Å². The quantitative estimate of drug-likeness (QED) is 0.778. The molecule has 0 saturated heterocycles. The van der Waals surface area contributed by atoms with Gasteiger partial charge in [-0.3, -0.25) is 4.79 Å². The third-order valence-electron chi connectivity index (χ3n) is 3.46. The summed E-state index contributed by atoms with van der Waals surface area (Å²) < 4.78 is 24.6. The predicted octanol–water partition coefficient (Wildman–Crippen LogP) is 1.59. The summed E-state index contributed by atoms with van der Waals surface area (Å²) in [5, 5.41) is 9.48. The molecule has 1 unspecified atom stereocenters. The number of aromatic nitrogens is 1. The van der Waals surface area contributed by atoms with Crippen molar-refractivity contribution >= 4 is 16.9 Å². The van der Waals surface area contributed by atoms with Crippen molar-refractivity contribution in [2.75, 3.05) is 14.2 Å². The number of ether oxygens (including phenoxy) is 2. The van der Waals surface area contributed by atoms with Crippen molar-refractivity contribution in [2.45, 2.75) is 19.4 Å². The maximum Gasteiger partial charge on any atom is 0.320 e. The van der Waals surface area contributed by atoms with Crippen LogP contribution in [0.15, 0.2) is 6.20 Å². The number of aromatic amines is 1. The van der Waals surface area contributed by atoms with Crippen molar-refractivity contribution in [3.63, 3.8) is 0 Å². The fraction of sp³-hybridized carbons (Fsp3) is 0.357. The molecule has 0 aliphatic heterocycles. The number of nitrogens with two attached hydrogens (primary N) is 1. The lowest BCUT2D eigenvalue weighted by atomic mass is 10.0. The maximum absolute atomic E-state index is 14.4. The maximum atomic E-state index is 14.4. The highest BCUT2D eigenvalue weighted by Crippen LogP contribution is 2.41. The number of halogens is 1. The van der Waals surface area contributed by atoms with E-state index in [4.69, 9.17) is 20.3 Å². The number of H-pyrrole nitrogens is 1. The fourth-order valence-electron chi connectivity index (χ4n) is 2.43. The number of rotatable bonds is 5. The molecule has 4 N–H and O–H groups in total. The summed E-state index contributed by atoms with van der Waals surface area (Å²) >= 11 is 0. The molecule has 21 heavy (non-hydrogen) atoms. The van der Waals surface area contributed by atoms with Crippen LogP contribution in [0.4, 0.5) is 4.39 Å². The number of hydrogen-bond donors (Lipinski definition) is 3. The van der Waals surface area contributed by atoms with Crippen molar-refractivity contribution < 1.29 is 23.8 Å². The lowest BCUT2D eigenvalue weighted by molar-refractivity contribution is -0.138. The Hall–Kier alpha value is -2.28. The second-order valence-corrected chi connectivity index (χ2v) is 4.72. The van der Waals surface area contributed by atoms with Gasteiger partial charge in [-0.2, -0.15) is 0 Å². The normalized spacial score (nSPS) is 12.4. The summed E-state index contributed by atoms with van der Waals surface area (Å²) in [7, 11) is 2.77. The zero-order valence-corrected chi connectivity index (χ0v) is 12.0. The number of nitrogens with one attached hydrogen (secondary N) is 1. The highest BCUT2D eigenvalue weighted by atomic mass is 19.1. The number of carbonyl (C=O) groups is 1. The average Bonchev–Trinajstić information content (AvgIpc) is 2.86. The number of aryl methyl sites for hydroxylation is 1. The summed E-state index contributed by atoms with van der Waals surface area (Å²) in [6, 6.07) is -1.06. The zero-order valence-electron chi connectivity index (χ0n) is 12.0. The minimum Gasteiger partial charge on any atom is -0.491 e. The first-order valence-corrected chi connectivity index (χ1v) is 6.30. The first-order chi connectivity index (χ1) is 9.92. The molecule has 1 aromatic heterocycles. The first-order valence-electron chi connectivity index (χ1n) is 6.30. The molecular formula is C14H17FN2O4. The van der Waals surface area contributed by atoms with Gasteiger partial charge in [-0.25, -0.2) is 4.39 Å². The predicted molar refractivity (Wildman–Crippen MR) is 75.4 cm³/mol. The minimum absolute atomic E-state index is 0.0124. The van der Waals surface area contributed by atoms with Gasteiger partial charge >= 0.3 is 5.97 Å². The van der Waals surface area contributed by atoms with Gasteiger partial charge in [0.1, 0.15) is 6.04 Å². The van der Waals surface area contributed by atoms with E-state index in [9.17, 15) is 9.18 Å². The molecule has 0 aliphatic rings. The molecule has 0 radical (unpaired) electrons. The summed E-state index contributed by atoms with van der Waals surface area (Å²) in [4.78, 5) is 13.9. The average molecular weight is 296 g/mol. The van der Waals surface area contributed by atoms with Crippen LogP contribution in [0, 0.1) is 12.7 Å². The molecule has 1 atom stereocenters. The number of fused-ring (bicyclic) bond motifs is 1. The van der Waals surface area contributed by atoms with Crippen LogP contribution < -0.4 is 15.2 Å². The van der Waals surface area contributed by atoms with E-state index in [-0.39, 0.29) is 17.9 Å². The molecular weight excluding hydrogens is 279 g/mol. The third-order valence-corrected chi connectivity index (χ3v) is 3.46. The van der Waals surface area contributed by atoms with Crippen molar-refractivity contribution in [2.24, 2.45) is 5.73 Å². The second kappa shape index (κ2) is 5.61. The van der Waals surface area contributed by atoms with E-state index in [1.165, 1.54) is 14.2 Å².